The van der Waals surface area contributed by atoms with Crippen molar-refractivity contribution in [3.05, 3.63) is 76.6 Å². The maximum atomic E-state index is 12.9. The Labute approximate surface area is 211 Å². The van der Waals surface area contributed by atoms with E-state index >= 15 is 0 Å². The zero-order valence-electron chi connectivity index (χ0n) is 20.3. The van der Waals surface area contributed by atoms with Gasteiger partial charge in [0.05, 0.1) is 29.6 Å². The Morgan fingerprint density at radius 1 is 1.03 bits per heavy atom. The first kappa shape index (κ1) is 25.1. The Morgan fingerprint density at radius 3 is 2.43 bits per heavy atom. The number of halogens is 3. The van der Waals surface area contributed by atoms with E-state index in [1.54, 1.807) is 6.07 Å². The molecule has 37 heavy (non-hydrogen) atoms. The van der Waals surface area contributed by atoms with Crippen molar-refractivity contribution < 1.29 is 22.5 Å². The van der Waals surface area contributed by atoms with Crippen LogP contribution in [0.25, 0.3) is 16.7 Å². The summed E-state index contributed by atoms with van der Waals surface area (Å²) in [5.41, 5.74) is 0.333. The zero-order valence-corrected chi connectivity index (χ0v) is 20.3. The van der Waals surface area contributed by atoms with Gasteiger partial charge in [-0.25, -0.2) is 0 Å². The minimum atomic E-state index is -4.44. The number of nitrogens with one attached hydrogen (secondary N) is 2. The van der Waals surface area contributed by atoms with Crippen LogP contribution in [0.2, 0.25) is 0 Å². The van der Waals surface area contributed by atoms with Crippen molar-refractivity contribution in [1.29, 1.82) is 0 Å². The van der Waals surface area contributed by atoms with E-state index in [1.807, 2.05) is 18.2 Å². The number of aromatic nitrogens is 1. The standard InChI is InChI=1S/C27H29F3N4O3/c1-17(18-5-4-6-19(13-18)27(28,29)30)31-14-25(35)32-20-15-33(16-20)21-9-11-22(12-10-21)34-26(36)23-7-2-3-8-24(23)37-34/h2-8,13,20-22,31H,1,9-12,14-16H2,(H,32,35). The summed E-state index contributed by atoms with van der Waals surface area (Å²) in [4.78, 5) is 27.3. The molecule has 0 atom stereocenters. The third-order valence-electron chi connectivity index (χ3n) is 7.30. The summed E-state index contributed by atoms with van der Waals surface area (Å²) >= 11 is 0. The Balaban J connectivity index is 1.04. The highest BCUT2D eigenvalue weighted by Crippen LogP contribution is 2.33. The third kappa shape index (κ3) is 5.44. The van der Waals surface area contributed by atoms with Crippen LogP contribution in [0.15, 0.2) is 64.4 Å². The molecule has 0 radical (unpaired) electrons. The van der Waals surface area contributed by atoms with E-state index in [9.17, 15) is 22.8 Å². The number of fused-ring (bicyclic) bond motifs is 1. The lowest BCUT2D eigenvalue weighted by molar-refractivity contribution is -0.137. The second kappa shape index (κ2) is 10.1. The first-order valence-corrected chi connectivity index (χ1v) is 12.4. The van der Waals surface area contributed by atoms with E-state index in [-0.39, 0.29) is 41.4 Å². The van der Waals surface area contributed by atoms with Crippen molar-refractivity contribution in [3.8, 4) is 0 Å². The van der Waals surface area contributed by atoms with Gasteiger partial charge in [-0.2, -0.15) is 17.9 Å². The molecule has 5 rings (SSSR count). The number of carbonyl (C=O) groups excluding carboxylic acids is 1. The Kier molecular flexibility index (Phi) is 6.85. The summed E-state index contributed by atoms with van der Waals surface area (Å²) in [6, 6.07) is 12.6. The summed E-state index contributed by atoms with van der Waals surface area (Å²) in [6.45, 7) is 5.19. The summed E-state index contributed by atoms with van der Waals surface area (Å²) < 4.78 is 46.1. The number of carbonyl (C=O) groups is 1. The summed E-state index contributed by atoms with van der Waals surface area (Å²) in [5, 5.41) is 6.39. The number of alkyl halides is 3. The first-order valence-electron chi connectivity index (χ1n) is 12.4. The molecule has 2 aromatic carbocycles. The van der Waals surface area contributed by atoms with Crippen molar-refractivity contribution in [3.63, 3.8) is 0 Å². The van der Waals surface area contributed by atoms with Crippen LogP contribution in [0.4, 0.5) is 13.2 Å². The van der Waals surface area contributed by atoms with E-state index < -0.39 is 11.7 Å². The fourth-order valence-electron chi connectivity index (χ4n) is 5.24. The van der Waals surface area contributed by atoms with Crippen LogP contribution in [0, 0.1) is 0 Å². The molecular formula is C27H29F3N4O3. The van der Waals surface area contributed by atoms with Crippen LogP contribution in [0.5, 0.6) is 0 Å². The van der Waals surface area contributed by atoms with Crippen molar-refractivity contribution in [2.75, 3.05) is 19.6 Å². The van der Waals surface area contributed by atoms with E-state index in [1.165, 1.54) is 16.9 Å². The van der Waals surface area contributed by atoms with Gasteiger partial charge in [-0.15, -0.1) is 0 Å². The number of hydrogen-bond acceptors (Lipinski definition) is 5. The molecule has 196 valence electrons. The zero-order chi connectivity index (χ0) is 26.2. The number of nitrogens with zero attached hydrogens (tertiary/aromatic N) is 2. The molecule has 2 fully saturated rings. The predicted molar refractivity (Wildman–Crippen MR) is 134 cm³/mol. The van der Waals surface area contributed by atoms with Gasteiger partial charge in [0.2, 0.25) is 5.91 Å². The third-order valence-corrected chi connectivity index (χ3v) is 7.30. The monoisotopic (exact) mass is 514 g/mol. The average molecular weight is 515 g/mol. The fourth-order valence-corrected chi connectivity index (χ4v) is 5.24. The molecule has 2 N–H and O–H groups in total. The maximum Gasteiger partial charge on any atom is 0.416 e. The van der Waals surface area contributed by atoms with Crippen LogP contribution < -0.4 is 16.2 Å². The smallest absolute Gasteiger partial charge is 0.376 e. The van der Waals surface area contributed by atoms with Crippen molar-refractivity contribution >= 4 is 22.6 Å². The minimum Gasteiger partial charge on any atom is -0.376 e. The molecule has 1 aliphatic carbocycles. The van der Waals surface area contributed by atoms with Crippen molar-refractivity contribution in [2.45, 2.75) is 50.0 Å². The van der Waals surface area contributed by atoms with Gasteiger partial charge < -0.3 is 15.2 Å². The number of rotatable bonds is 7. The molecule has 1 saturated carbocycles. The maximum absolute atomic E-state index is 12.9. The molecule has 1 aromatic heterocycles. The van der Waals surface area contributed by atoms with E-state index in [0.717, 1.165) is 50.9 Å². The number of benzene rings is 2. The molecule has 1 amide bonds. The normalized spacial score (nSPS) is 20.9. The van der Waals surface area contributed by atoms with E-state index in [4.69, 9.17) is 4.52 Å². The lowest BCUT2D eigenvalue weighted by atomic mass is 9.88. The number of likely N-dealkylation sites (tertiary alicyclic amines) is 1. The predicted octanol–water partition coefficient (Wildman–Crippen LogP) is 4.16. The van der Waals surface area contributed by atoms with E-state index in [2.05, 4.69) is 22.1 Å². The molecule has 10 heteroatoms. The number of hydrogen-bond donors (Lipinski definition) is 2. The van der Waals surface area contributed by atoms with Crippen LogP contribution in [0.3, 0.4) is 0 Å². The van der Waals surface area contributed by atoms with E-state index in [0.29, 0.717) is 17.0 Å². The van der Waals surface area contributed by atoms with Gasteiger partial charge >= 0.3 is 6.18 Å². The lowest BCUT2D eigenvalue weighted by Gasteiger charge is -2.46. The first-order chi connectivity index (χ1) is 17.7. The molecule has 3 aromatic rings. The van der Waals surface area contributed by atoms with Gasteiger partial charge in [-0.05, 0) is 55.5 Å². The number of amides is 1. The largest absolute Gasteiger partial charge is 0.416 e. The minimum absolute atomic E-state index is 0.0341. The highest BCUT2D eigenvalue weighted by molar-refractivity contribution is 5.80. The Hall–Kier alpha value is -3.53. The van der Waals surface area contributed by atoms with Gasteiger partial charge in [-0.1, -0.05) is 30.8 Å². The van der Waals surface area contributed by atoms with Crippen LogP contribution in [-0.4, -0.2) is 47.3 Å². The molecule has 2 heterocycles. The van der Waals surface area contributed by atoms with Gasteiger partial charge in [0.1, 0.15) is 0 Å². The topological polar surface area (TPSA) is 79.5 Å². The molecule has 1 saturated heterocycles. The molecule has 0 spiro atoms. The second-order valence-corrected chi connectivity index (χ2v) is 9.81. The molecule has 1 aliphatic heterocycles. The Bertz CT molecular complexity index is 1350. The summed E-state index contributed by atoms with van der Waals surface area (Å²) in [7, 11) is 0. The quantitative estimate of drug-likeness (QED) is 0.495. The fraction of sp³-hybridized carbons (Fsp3) is 0.407. The second-order valence-electron chi connectivity index (χ2n) is 9.81. The van der Waals surface area contributed by atoms with Gasteiger partial charge in [0.25, 0.3) is 5.56 Å². The van der Waals surface area contributed by atoms with Crippen LogP contribution in [-0.2, 0) is 11.0 Å². The highest BCUT2D eigenvalue weighted by atomic mass is 19.4. The number of para-hydroxylation sites is 1. The molecule has 0 unspecified atom stereocenters. The molecular weight excluding hydrogens is 485 g/mol. The molecule has 2 aliphatic rings. The van der Waals surface area contributed by atoms with Crippen molar-refractivity contribution in [1.82, 2.24) is 20.3 Å². The van der Waals surface area contributed by atoms with Gasteiger partial charge in [-0.3, -0.25) is 14.5 Å². The lowest BCUT2D eigenvalue weighted by Crippen LogP contribution is -2.63. The summed E-state index contributed by atoms with van der Waals surface area (Å²) in [5.74, 6) is -0.231. The van der Waals surface area contributed by atoms with Crippen LogP contribution >= 0.6 is 0 Å². The molecule has 0 bridgehead atoms. The van der Waals surface area contributed by atoms with Crippen molar-refractivity contribution in [2.24, 2.45) is 0 Å². The Morgan fingerprint density at radius 2 is 1.73 bits per heavy atom. The van der Waals surface area contributed by atoms with Gasteiger partial charge in [0.15, 0.2) is 5.58 Å². The average Bonchev–Trinajstić information content (AvgIpc) is 3.20. The highest BCUT2D eigenvalue weighted by Gasteiger charge is 2.36. The van der Waals surface area contributed by atoms with Crippen LogP contribution in [0.1, 0.15) is 42.9 Å². The van der Waals surface area contributed by atoms with Gasteiger partial charge in [0, 0.05) is 24.8 Å². The summed E-state index contributed by atoms with van der Waals surface area (Å²) in [6.07, 6.45) is -0.812. The SMILES string of the molecule is C=C(NCC(=O)NC1CN(C2CCC(n3oc4ccccc4c3=O)CC2)C1)c1cccc(C(F)(F)F)c1. The molecule has 7 nitrogen and oxygen atoms in total.